The second kappa shape index (κ2) is 2.97. The van der Waals surface area contributed by atoms with Crippen molar-refractivity contribution in [3.8, 4) is 0 Å². The predicted molar refractivity (Wildman–Crippen MR) is 43.7 cm³/mol. The van der Waals surface area contributed by atoms with Gasteiger partial charge < -0.3 is 0 Å². The molecule has 0 N–H and O–H groups in total. The summed E-state index contributed by atoms with van der Waals surface area (Å²) in [5.74, 6) is 0. The Hall–Kier alpha value is -0.630. The van der Waals surface area contributed by atoms with Crippen LogP contribution in [0, 0.1) is 6.92 Å². The fraction of sp³-hybridized carbons (Fsp3) is 0.125. The van der Waals surface area contributed by atoms with E-state index >= 15 is 0 Å². The molecule has 0 aliphatic rings. The van der Waals surface area contributed by atoms with Crippen molar-refractivity contribution in [3.63, 3.8) is 0 Å². The molecule has 1 nitrogen and oxygen atoms in total. The van der Waals surface area contributed by atoms with Gasteiger partial charge in [0, 0.05) is 10.0 Å². The number of aryl methyl sites for hydroxylation is 1. The van der Waals surface area contributed by atoms with E-state index in [-0.39, 0.29) is 0 Å². The summed E-state index contributed by atoms with van der Waals surface area (Å²) in [6.07, 6.45) is 1.84. The molecule has 0 aliphatic carbocycles. The zero-order chi connectivity index (χ0) is 7.56. The second-order valence-corrected chi connectivity index (χ2v) is 2.83. The molecule has 0 bridgehead atoms. The lowest BCUT2D eigenvalue weighted by Crippen LogP contribution is -1.84. The van der Waals surface area contributed by atoms with Crippen molar-refractivity contribution in [2.24, 2.45) is 0 Å². The van der Waals surface area contributed by atoms with Gasteiger partial charge in [-0.2, -0.15) is 0 Å². The maximum Gasteiger partial charge on any atom is 0.234 e. The van der Waals surface area contributed by atoms with Crippen molar-refractivity contribution in [1.29, 1.82) is 0 Å². The molecular weight excluding hydrogens is 192 g/mol. The summed E-state index contributed by atoms with van der Waals surface area (Å²) < 4.78 is 0.838. The Morgan fingerprint density at radius 3 is 2.70 bits per heavy atom. The molecule has 0 amide bonds. The molecule has 0 spiro atoms. The molecule has 1 radical (unpaired) electrons. The number of rotatable bonds is 1. The predicted octanol–water partition coefficient (Wildman–Crippen LogP) is 2.22. The molecule has 1 aromatic rings. The highest BCUT2D eigenvalue weighted by Gasteiger charge is 1.99. The highest BCUT2D eigenvalue weighted by molar-refractivity contribution is 9.10. The lowest BCUT2D eigenvalue weighted by atomic mass is 10.2. The standard InChI is InChI=1S/C8H6BrO/c1-6-3-2-4-7(5-10)8(6)9/h2-4H,1H3. The summed E-state index contributed by atoms with van der Waals surface area (Å²) in [5.41, 5.74) is 1.64. The summed E-state index contributed by atoms with van der Waals surface area (Å²) >= 11 is 3.28. The van der Waals surface area contributed by atoms with E-state index in [0.717, 1.165) is 10.0 Å². The maximum atomic E-state index is 10.2. The summed E-state index contributed by atoms with van der Waals surface area (Å²) in [4.78, 5) is 10.2. The molecule has 2 heteroatoms. The zero-order valence-electron chi connectivity index (χ0n) is 5.52. The van der Waals surface area contributed by atoms with Crippen LogP contribution >= 0.6 is 15.9 Å². The van der Waals surface area contributed by atoms with E-state index in [9.17, 15) is 4.79 Å². The van der Waals surface area contributed by atoms with Crippen LogP contribution in [0.4, 0.5) is 0 Å². The third kappa shape index (κ3) is 1.27. The monoisotopic (exact) mass is 197 g/mol. The maximum absolute atomic E-state index is 10.2. The lowest BCUT2D eigenvalue weighted by molar-refractivity contribution is 0.562. The van der Waals surface area contributed by atoms with Crippen LogP contribution in [0.2, 0.25) is 0 Å². The average Bonchev–Trinajstić information content (AvgIpc) is 1.95. The van der Waals surface area contributed by atoms with Crippen molar-refractivity contribution < 1.29 is 4.79 Å². The Balaban J connectivity index is 3.27. The Kier molecular flexibility index (Phi) is 2.22. The summed E-state index contributed by atoms with van der Waals surface area (Å²) in [6.45, 7) is 1.94. The Morgan fingerprint density at radius 1 is 1.50 bits per heavy atom. The first-order valence-corrected chi connectivity index (χ1v) is 3.68. The summed E-state index contributed by atoms with van der Waals surface area (Å²) in [7, 11) is 0. The van der Waals surface area contributed by atoms with Crippen molar-refractivity contribution in [3.05, 3.63) is 33.8 Å². The highest BCUT2D eigenvalue weighted by Crippen LogP contribution is 2.18. The van der Waals surface area contributed by atoms with E-state index in [1.54, 1.807) is 6.07 Å². The van der Waals surface area contributed by atoms with E-state index in [4.69, 9.17) is 0 Å². The van der Waals surface area contributed by atoms with Crippen molar-refractivity contribution in [1.82, 2.24) is 0 Å². The van der Waals surface area contributed by atoms with Gasteiger partial charge in [-0.25, -0.2) is 0 Å². The summed E-state index contributed by atoms with van der Waals surface area (Å²) in [6, 6.07) is 5.50. The van der Waals surface area contributed by atoms with Gasteiger partial charge in [0.25, 0.3) is 0 Å². The van der Waals surface area contributed by atoms with Crippen LogP contribution in [0.5, 0.6) is 0 Å². The van der Waals surface area contributed by atoms with Crippen LogP contribution in [0.3, 0.4) is 0 Å². The fourth-order valence-electron chi connectivity index (χ4n) is 0.726. The molecule has 0 unspecified atom stereocenters. The first-order valence-electron chi connectivity index (χ1n) is 2.89. The van der Waals surface area contributed by atoms with Gasteiger partial charge >= 0.3 is 0 Å². The number of hydrogen-bond acceptors (Lipinski definition) is 1. The Bertz CT molecular complexity index is 255. The topological polar surface area (TPSA) is 17.1 Å². The molecule has 10 heavy (non-hydrogen) atoms. The first kappa shape index (κ1) is 7.48. The van der Waals surface area contributed by atoms with Gasteiger partial charge in [0.2, 0.25) is 6.29 Å². The van der Waals surface area contributed by atoms with Gasteiger partial charge in [-0.15, -0.1) is 0 Å². The molecular formula is C8H6BrO. The molecule has 0 saturated carbocycles. The van der Waals surface area contributed by atoms with Crippen LogP contribution in [0.15, 0.2) is 22.7 Å². The third-order valence-corrected chi connectivity index (χ3v) is 2.35. The summed E-state index contributed by atoms with van der Waals surface area (Å²) in [5, 5.41) is 0. The largest absolute Gasteiger partial charge is 0.285 e. The third-order valence-electron chi connectivity index (χ3n) is 1.30. The SMILES string of the molecule is Cc1cccc([C]=O)c1Br. The van der Waals surface area contributed by atoms with Gasteiger partial charge in [-0.1, -0.05) is 12.1 Å². The molecule has 0 heterocycles. The van der Waals surface area contributed by atoms with Crippen molar-refractivity contribution in [2.45, 2.75) is 6.92 Å². The Labute approximate surface area is 68.2 Å². The van der Waals surface area contributed by atoms with Crippen LogP contribution in [-0.2, 0) is 4.79 Å². The van der Waals surface area contributed by atoms with Gasteiger partial charge in [0.15, 0.2) is 0 Å². The van der Waals surface area contributed by atoms with Crippen molar-refractivity contribution >= 4 is 22.2 Å². The zero-order valence-corrected chi connectivity index (χ0v) is 7.10. The Morgan fingerprint density at radius 2 is 2.20 bits per heavy atom. The van der Waals surface area contributed by atoms with Gasteiger partial charge in [0.05, 0.1) is 0 Å². The van der Waals surface area contributed by atoms with Gasteiger partial charge in [-0.3, -0.25) is 4.79 Å². The minimum Gasteiger partial charge on any atom is -0.285 e. The van der Waals surface area contributed by atoms with E-state index in [1.807, 2.05) is 25.3 Å². The molecule has 0 aliphatic heterocycles. The number of halogens is 1. The van der Waals surface area contributed by atoms with Crippen LogP contribution in [-0.4, -0.2) is 6.29 Å². The molecule has 51 valence electrons. The van der Waals surface area contributed by atoms with E-state index < -0.39 is 0 Å². The normalized spacial score (nSPS) is 9.40. The quantitative estimate of drug-likeness (QED) is 0.676. The minimum absolute atomic E-state index is 0.583. The molecule has 0 atom stereocenters. The molecule has 0 fully saturated rings. The van der Waals surface area contributed by atoms with E-state index in [1.165, 1.54) is 0 Å². The highest BCUT2D eigenvalue weighted by atomic mass is 79.9. The number of hydrogen-bond donors (Lipinski definition) is 0. The lowest BCUT2D eigenvalue weighted by Gasteiger charge is -1.97. The fourth-order valence-corrected chi connectivity index (χ4v) is 1.07. The number of carbonyl (C=O) groups excluding carboxylic acids is 1. The van der Waals surface area contributed by atoms with Crippen LogP contribution in [0.1, 0.15) is 11.1 Å². The van der Waals surface area contributed by atoms with E-state index in [0.29, 0.717) is 5.56 Å². The molecule has 1 rings (SSSR count). The molecule has 0 aromatic heterocycles. The molecule has 0 saturated heterocycles. The number of benzene rings is 1. The van der Waals surface area contributed by atoms with Gasteiger partial charge in [0.1, 0.15) is 0 Å². The smallest absolute Gasteiger partial charge is 0.234 e. The second-order valence-electron chi connectivity index (χ2n) is 2.04. The van der Waals surface area contributed by atoms with Crippen molar-refractivity contribution in [2.75, 3.05) is 0 Å². The van der Waals surface area contributed by atoms with E-state index in [2.05, 4.69) is 15.9 Å². The minimum atomic E-state index is 0.583. The molecule has 1 aromatic carbocycles. The van der Waals surface area contributed by atoms with Crippen LogP contribution in [0.25, 0.3) is 0 Å². The average molecular weight is 198 g/mol. The van der Waals surface area contributed by atoms with Crippen LogP contribution < -0.4 is 0 Å². The first-order chi connectivity index (χ1) is 4.75. The van der Waals surface area contributed by atoms with Gasteiger partial charge in [-0.05, 0) is 34.5 Å².